The van der Waals surface area contributed by atoms with Gasteiger partial charge in [0.25, 0.3) is 5.78 Å². The van der Waals surface area contributed by atoms with E-state index in [1.165, 1.54) is 6.08 Å². The van der Waals surface area contributed by atoms with E-state index in [1.807, 2.05) is 0 Å². The Labute approximate surface area is 123 Å². The fourth-order valence-electron chi connectivity index (χ4n) is 1.54. The topological polar surface area (TPSA) is 55.4 Å². The number of likely N-dealkylation sites (N-methyl/N-ethyl adjacent to an activating group) is 1. The van der Waals surface area contributed by atoms with Crippen LogP contribution in [0, 0.1) is 0 Å². The van der Waals surface area contributed by atoms with Crippen LogP contribution in [0.25, 0.3) is 0 Å². The number of nitrogens with zero attached hydrogens (tertiary/aromatic N) is 1. The van der Waals surface area contributed by atoms with Crippen molar-refractivity contribution >= 4 is 13.9 Å². The maximum Gasteiger partial charge on any atom is 0.533 e. The molecule has 116 valence electrons. The van der Waals surface area contributed by atoms with Crippen LogP contribution in [0.4, 0.5) is 0 Å². The minimum Gasteiger partial charge on any atom is -0.329 e. The average Bonchev–Trinajstić information content (AvgIpc) is 2.35. The Balaban J connectivity index is 4.31. The Bertz CT molecular complexity index is 327. The van der Waals surface area contributed by atoms with E-state index in [2.05, 4.69) is 40.0 Å². The molecule has 0 bridgehead atoms. The SMILES string of the molecule is C=CC(=O)NC(CCCCC)[P+](=O)OCC[N+](C)(C)C. The third kappa shape index (κ3) is 10.1. The molecule has 2 unspecified atom stereocenters. The molecule has 0 heterocycles. The van der Waals surface area contributed by atoms with Crippen LogP contribution in [0.3, 0.4) is 0 Å². The number of nitrogens with one attached hydrogen (secondary N) is 1. The molecule has 0 fully saturated rings. The van der Waals surface area contributed by atoms with E-state index in [4.69, 9.17) is 4.52 Å². The van der Waals surface area contributed by atoms with E-state index >= 15 is 0 Å². The quantitative estimate of drug-likeness (QED) is 0.276. The summed E-state index contributed by atoms with van der Waals surface area (Å²) in [6.07, 6.45) is 4.94. The van der Waals surface area contributed by atoms with E-state index in [-0.39, 0.29) is 5.91 Å². The summed E-state index contributed by atoms with van der Waals surface area (Å²) >= 11 is 0. The van der Waals surface area contributed by atoms with Crippen molar-refractivity contribution in [2.45, 2.75) is 38.4 Å². The lowest BCUT2D eigenvalue weighted by Crippen LogP contribution is -2.37. The van der Waals surface area contributed by atoms with Crippen molar-refractivity contribution in [1.82, 2.24) is 5.32 Å². The number of carbonyl (C=O) groups excluding carboxylic acids is 1. The van der Waals surface area contributed by atoms with Crippen LogP contribution in [0.15, 0.2) is 12.7 Å². The highest BCUT2D eigenvalue weighted by atomic mass is 31.1. The smallest absolute Gasteiger partial charge is 0.329 e. The highest BCUT2D eigenvalue weighted by molar-refractivity contribution is 7.40. The molecule has 0 saturated heterocycles. The van der Waals surface area contributed by atoms with E-state index in [1.54, 1.807) is 0 Å². The summed E-state index contributed by atoms with van der Waals surface area (Å²) in [7, 11) is 4.26. The summed E-state index contributed by atoms with van der Waals surface area (Å²) in [5.41, 5.74) is 0. The monoisotopic (exact) mass is 304 g/mol. The fourth-order valence-corrected chi connectivity index (χ4v) is 2.60. The molecule has 0 rings (SSSR count). The predicted molar refractivity (Wildman–Crippen MR) is 82.7 cm³/mol. The normalized spacial score (nSPS) is 13.7. The standard InChI is InChI=1S/C14H28N2O3P/c1-6-8-9-10-14(15-13(17)7-2)20(18)19-12-11-16(3,4)5/h7,14H,2,6,8-12H2,1,3-5H3/q+1/p+1. The number of carbonyl (C=O) groups is 1. The molecule has 0 radical (unpaired) electrons. The van der Waals surface area contributed by atoms with Gasteiger partial charge in [-0.3, -0.25) is 4.79 Å². The van der Waals surface area contributed by atoms with Gasteiger partial charge in [-0.25, -0.2) is 0 Å². The molecule has 6 heteroatoms. The minimum atomic E-state index is -1.89. The van der Waals surface area contributed by atoms with Crippen LogP contribution in [-0.2, 0) is 13.9 Å². The number of unbranched alkanes of at least 4 members (excludes halogenated alkanes) is 2. The van der Waals surface area contributed by atoms with Crippen molar-refractivity contribution < 1.29 is 18.4 Å². The molecule has 0 saturated carbocycles. The highest BCUT2D eigenvalue weighted by Gasteiger charge is 2.33. The summed E-state index contributed by atoms with van der Waals surface area (Å²) < 4.78 is 18.3. The fraction of sp³-hybridized carbons (Fsp3) is 0.786. The van der Waals surface area contributed by atoms with Gasteiger partial charge < -0.3 is 9.80 Å². The van der Waals surface area contributed by atoms with Gasteiger partial charge >= 0.3 is 8.03 Å². The van der Waals surface area contributed by atoms with E-state index in [9.17, 15) is 9.36 Å². The first-order chi connectivity index (χ1) is 9.30. The molecule has 2 atom stereocenters. The summed E-state index contributed by atoms with van der Waals surface area (Å²) in [5.74, 6) is -0.723. The van der Waals surface area contributed by atoms with Crippen molar-refractivity contribution in [2.75, 3.05) is 34.3 Å². The molecular formula is C14H29N2O3P+2. The summed E-state index contributed by atoms with van der Waals surface area (Å²) in [6.45, 7) is 6.72. The number of hydrogen-bond acceptors (Lipinski definition) is 3. The molecule has 0 aliphatic carbocycles. The minimum absolute atomic E-state index is 0.301. The summed E-state index contributed by atoms with van der Waals surface area (Å²) in [4.78, 5) is 11.4. The van der Waals surface area contributed by atoms with Crippen LogP contribution in [-0.4, -0.2) is 50.5 Å². The van der Waals surface area contributed by atoms with Crippen LogP contribution < -0.4 is 5.32 Å². The molecule has 1 amide bonds. The van der Waals surface area contributed by atoms with Crippen LogP contribution in [0.1, 0.15) is 32.6 Å². The van der Waals surface area contributed by atoms with Gasteiger partial charge in [-0.05, 0) is 17.1 Å². The van der Waals surface area contributed by atoms with Crippen LogP contribution in [0.2, 0.25) is 0 Å². The maximum absolute atomic E-state index is 12.1. The van der Waals surface area contributed by atoms with Gasteiger partial charge in [0.15, 0.2) is 6.61 Å². The Hall–Kier alpha value is -0.770. The lowest BCUT2D eigenvalue weighted by Gasteiger charge is -2.22. The predicted octanol–water partition coefficient (Wildman–Crippen LogP) is 2.66. The average molecular weight is 304 g/mol. The zero-order chi connectivity index (χ0) is 15.6. The summed E-state index contributed by atoms with van der Waals surface area (Å²) in [5, 5.41) is 2.70. The molecule has 0 aromatic heterocycles. The Morgan fingerprint density at radius 1 is 1.40 bits per heavy atom. The lowest BCUT2D eigenvalue weighted by atomic mass is 10.2. The molecule has 0 aromatic carbocycles. The van der Waals surface area contributed by atoms with Gasteiger partial charge in [-0.1, -0.05) is 26.3 Å². The number of hydrogen-bond donors (Lipinski definition) is 1. The van der Waals surface area contributed by atoms with Crippen molar-refractivity contribution in [3.8, 4) is 0 Å². The number of amides is 1. The van der Waals surface area contributed by atoms with Gasteiger partial charge in [0.2, 0.25) is 5.91 Å². The van der Waals surface area contributed by atoms with Gasteiger partial charge in [0.05, 0.1) is 21.1 Å². The Morgan fingerprint density at radius 2 is 2.05 bits per heavy atom. The first-order valence-electron chi connectivity index (χ1n) is 7.12. The second kappa shape index (κ2) is 10.0. The largest absolute Gasteiger partial charge is 0.533 e. The molecule has 5 nitrogen and oxygen atoms in total. The lowest BCUT2D eigenvalue weighted by molar-refractivity contribution is -0.870. The molecule has 20 heavy (non-hydrogen) atoms. The number of quaternary nitrogens is 1. The second-order valence-electron chi connectivity index (χ2n) is 5.86. The van der Waals surface area contributed by atoms with Gasteiger partial charge in [-0.15, -0.1) is 4.52 Å². The third-order valence-corrected chi connectivity index (χ3v) is 4.14. The molecule has 1 N–H and O–H groups in total. The van der Waals surface area contributed by atoms with Crippen molar-refractivity contribution in [3.63, 3.8) is 0 Å². The third-order valence-electron chi connectivity index (χ3n) is 2.81. The van der Waals surface area contributed by atoms with E-state index < -0.39 is 13.8 Å². The van der Waals surface area contributed by atoms with Crippen molar-refractivity contribution in [2.24, 2.45) is 0 Å². The maximum atomic E-state index is 12.1. The zero-order valence-corrected chi connectivity index (χ0v) is 14.1. The zero-order valence-electron chi connectivity index (χ0n) is 13.2. The van der Waals surface area contributed by atoms with Gasteiger partial charge in [0.1, 0.15) is 6.54 Å². The summed E-state index contributed by atoms with van der Waals surface area (Å²) in [6, 6.07) is 0. The van der Waals surface area contributed by atoms with Crippen molar-refractivity contribution in [1.29, 1.82) is 0 Å². The highest BCUT2D eigenvalue weighted by Crippen LogP contribution is 2.31. The first-order valence-corrected chi connectivity index (χ1v) is 8.37. The number of rotatable bonds is 11. The first kappa shape index (κ1) is 19.2. The van der Waals surface area contributed by atoms with Crippen molar-refractivity contribution in [3.05, 3.63) is 12.7 Å². The Morgan fingerprint density at radius 3 is 2.55 bits per heavy atom. The van der Waals surface area contributed by atoms with Gasteiger partial charge in [-0.2, -0.15) is 0 Å². The molecular weight excluding hydrogens is 275 g/mol. The second-order valence-corrected chi connectivity index (χ2v) is 7.31. The van der Waals surface area contributed by atoms with Crippen LogP contribution in [0.5, 0.6) is 0 Å². The van der Waals surface area contributed by atoms with E-state index in [0.29, 0.717) is 13.0 Å². The molecule has 0 spiro atoms. The molecule has 0 aliphatic heterocycles. The molecule has 0 aromatic rings. The van der Waals surface area contributed by atoms with Crippen LogP contribution >= 0.6 is 8.03 Å². The Kier molecular flexibility index (Phi) is 9.64. The molecule has 0 aliphatic rings. The van der Waals surface area contributed by atoms with E-state index in [0.717, 1.165) is 30.3 Å². The van der Waals surface area contributed by atoms with Gasteiger partial charge in [0, 0.05) is 6.42 Å².